The zero-order valence-corrected chi connectivity index (χ0v) is 32.7. The normalized spacial score (nSPS) is 43.1. The van der Waals surface area contributed by atoms with Gasteiger partial charge in [-0.15, -0.1) is 0 Å². The summed E-state index contributed by atoms with van der Waals surface area (Å²) < 4.78 is 6.94. The van der Waals surface area contributed by atoms with Crippen molar-refractivity contribution in [3.05, 3.63) is 35.5 Å². The highest BCUT2D eigenvalue weighted by Gasteiger charge is 2.67. The van der Waals surface area contributed by atoms with Crippen molar-refractivity contribution in [3.8, 4) is 0 Å². The monoisotopic (exact) mass is 638 g/mol. The van der Waals surface area contributed by atoms with Gasteiger partial charge in [-0.2, -0.15) is 0 Å². The minimum absolute atomic E-state index is 0.00975. The van der Waals surface area contributed by atoms with E-state index in [-0.39, 0.29) is 27.9 Å². The number of nitrogens with one attached hydrogen (secondary N) is 1. The van der Waals surface area contributed by atoms with E-state index in [9.17, 15) is 0 Å². The predicted molar refractivity (Wildman–Crippen MR) is 198 cm³/mol. The van der Waals surface area contributed by atoms with Gasteiger partial charge in [0.15, 0.2) is 0 Å². The van der Waals surface area contributed by atoms with E-state index >= 15 is 0 Å². The molecule has 5 aliphatic rings. The van der Waals surface area contributed by atoms with E-state index in [1.54, 1.807) is 7.05 Å². The van der Waals surface area contributed by atoms with Crippen LogP contribution in [0.3, 0.4) is 0 Å². The average molecular weight is 638 g/mol. The Morgan fingerprint density at radius 2 is 1.65 bits per heavy atom. The van der Waals surface area contributed by atoms with E-state index in [0.717, 1.165) is 18.3 Å². The molecule has 5 unspecified atom stereocenters. The van der Waals surface area contributed by atoms with Gasteiger partial charge in [0.25, 0.3) is 0 Å². The molecule has 0 aliphatic heterocycles. The van der Waals surface area contributed by atoms with Crippen LogP contribution in [0, 0.1) is 62.1 Å². The predicted octanol–water partition coefficient (Wildman–Crippen LogP) is 10.0. The second-order valence-electron chi connectivity index (χ2n) is 19.4. The van der Waals surface area contributed by atoms with Crippen LogP contribution in [-0.2, 0) is 4.74 Å². The first-order valence-electron chi connectivity index (χ1n) is 19.0. The van der Waals surface area contributed by atoms with Crippen molar-refractivity contribution in [2.45, 2.75) is 153 Å². The number of hydrogen-bond acceptors (Lipinski definition) is 4. The maximum atomic E-state index is 6.94. The lowest BCUT2D eigenvalue weighted by molar-refractivity contribution is -0.160. The van der Waals surface area contributed by atoms with Crippen LogP contribution in [0.25, 0.3) is 0 Å². The molecule has 2 bridgehead atoms. The summed E-state index contributed by atoms with van der Waals surface area (Å²) in [6.45, 7) is 32.2. The summed E-state index contributed by atoms with van der Waals surface area (Å²) in [5.41, 5.74) is 13.5. The topological polar surface area (TPSA) is 73.3 Å². The van der Waals surface area contributed by atoms with Crippen LogP contribution in [0.2, 0.25) is 0 Å². The van der Waals surface area contributed by atoms with Crippen molar-refractivity contribution in [1.82, 2.24) is 5.43 Å². The first-order valence-corrected chi connectivity index (χ1v) is 19.0. The summed E-state index contributed by atoms with van der Waals surface area (Å²) in [6, 6.07) is 0. The molecule has 0 radical (unpaired) electrons. The van der Waals surface area contributed by atoms with Crippen LogP contribution in [0.5, 0.6) is 0 Å². The molecule has 4 heteroatoms. The molecule has 5 N–H and O–H groups in total. The number of nitrogens with two attached hydrogens (primary N) is 2. The number of hydrogen-bond donors (Lipinski definition) is 3. The quantitative estimate of drug-likeness (QED) is 0.148. The molecule has 10 atom stereocenters. The first kappa shape index (κ1) is 37.9. The van der Waals surface area contributed by atoms with Gasteiger partial charge in [0.2, 0.25) is 0 Å². The summed E-state index contributed by atoms with van der Waals surface area (Å²) in [5, 5.41) is 0. The molecule has 0 aromatic carbocycles. The highest BCUT2D eigenvalue weighted by molar-refractivity contribution is 5.38. The molecule has 0 aromatic heterocycles. The minimum atomic E-state index is -0.368. The Hall–Kier alpha value is -0.940. The van der Waals surface area contributed by atoms with Crippen molar-refractivity contribution in [2.75, 3.05) is 13.7 Å². The SMILES string of the molecule is C/C=C1/C[C@@](C)(C2CCC3C(=CC[C@]45C=CC[C@]([C@H](C)C(C)C)(CCC34C)C5)C2(C)C(C)C)C1OC[C@](C)(N)C(C)(C)C.CNN. The molecule has 0 aromatic rings. The molecule has 0 saturated heterocycles. The van der Waals surface area contributed by atoms with Crippen LogP contribution in [0.4, 0.5) is 0 Å². The second-order valence-corrected chi connectivity index (χ2v) is 19.4. The van der Waals surface area contributed by atoms with Gasteiger partial charge >= 0.3 is 0 Å². The summed E-state index contributed by atoms with van der Waals surface area (Å²) in [7, 11) is 1.65. The van der Waals surface area contributed by atoms with Gasteiger partial charge in [-0.1, -0.05) is 106 Å². The van der Waals surface area contributed by atoms with Crippen LogP contribution in [0.1, 0.15) is 141 Å². The van der Waals surface area contributed by atoms with Gasteiger partial charge in [-0.05, 0) is 134 Å². The lowest BCUT2D eigenvalue weighted by Crippen LogP contribution is -2.63. The third-order valence-electron chi connectivity index (χ3n) is 15.9. The van der Waals surface area contributed by atoms with Crippen molar-refractivity contribution in [1.29, 1.82) is 0 Å². The van der Waals surface area contributed by atoms with Crippen LogP contribution in [-0.4, -0.2) is 25.3 Å². The fraction of sp³-hybridized carbons (Fsp3) is 0.857. The Balaban J connectivity index is 0.00000154. The van der Waals surface area contributed by atoms with Gasteiger partial charge in [0.05, 0.1) is 12.7 Å². The van der Waals surface area contributed by atoms with E-state index in [4.69, 9.17) is 10.5 Å². The molecule has 3 saturated carbocycles. The van der Waals surface area contributed by atoms with Gasteiger partial charge in [0.1, 0.15) is 0 Å². The third kappa shape index (κ3) is 5.66. The molecule has 0 amide bonds. The summed E-state index contributed by atoms with van der Waals surface area (Å²) in [6.07, 6.45) is 21.2. The zero-order chi connectivity index (χ0) is 34.7. The molecular formula is C42H75N3O. The van der Waals surface area contributed by atoms with Crippen molar-refractivity contribution >= 4 is 0 Å². The summed E-state index contributed by atoms with van der Waals surface area (Å²) in [5.74, 6) is 8.03. The lowest BCUT2D eigenvalue weighted by Gasteiger charge is -2.70. The largest absolute Gasteiger partial charge is 0.371 e. The lowest BCUT2D eigenvalue weighted by atomic mass is 9.35. The molecule has 46 heavy (non-hydrogen) atoms. The Bertz CT molecular complexity index is 1190. The molecule has 5 rings (SSSR count). The van der Waals surface area contributed by atoms with E-state index < -0.39 is 0 Å². The van der Waals surface area contributed by atoms with Gasteiger partial charge in [0, 0.05) is 11.0 Å². The van der Waals surface area contributed by atoms with Gasteiger partial charge < -0.3 is 10.5 Å². The Morgan fingerprint density at radius 3 is 2.20 bits per heavy atom. The van der Waals surface area contributed by atoms with Crippen molar-refractivity contribution < 1.29 is 4.74 Å². The van der Waals surface area contributed by atoms with Crippen LogP contribution in [0.15, 0.2) is 35.5 Å². The molecule has 1 spiro atoms. The molecule has 5 aliphatic carbocycles. The maximum absolute atomic E-state index is 6.94. The van der Waals surface area contributed by atoms with E-state index in [1.165, 1.54) is 50.5 Å². The summed E-state index contributed by atoms with van der Waals surface area (Å²) >= 11 is 0. The minimum Gasteiger partial charge on any atom is -0.371 e. The Kier molecular flexibility index (Phi) is 10.5. The van der Waals surface area contributed by atoms with Crippen LogP contribution >= 0.6 is 0 Å². The smallest absolute Gasteiger partial charge is 0.0845 e. The van der Waals surface area contributed by atoms with E-state index in [1.807, 2.05) is 5.57 Å². The van der Waals surface area contributed by atoms with Crippen molar-refractivity contribution in [3.63, 3.8) is 0 Å². The number of rotatable bonds is 7. The van der Waals surface area contributed by atoms with E-state index in [0.29, 0.717) is 40.6 Å². The summed E-state index contributed by atoms with van der Waals surface area (Å²) in [4.78, 5) is 0. The van der Waals surface area contributed by atoms with Gasteiger partial charge in [-0.3, -0.25) is 11.3 Å². The zero-order valence-electron chi connectivity index (χ0n) is 32.7. The fourth-order valence-electron chi connectivity index (χ4n) is 11.5. The highest BCUT2D eigenvalue weighted by Crippen LogP contribution is 2.75. The average Bonchev–Trinajstić information content (AvgIpc) is 2.96. The molecule has 3 fully saturated rings. The third-order valence-corrected chi connectivity index (χ3v) is 15.9. The van der Waals surface area contributed by atoms with Crippen molar-refractivity contribution in [2.24, 2.45) is 73.7 Å². The molecule has 264 valence electrons. The van der Waals surface area contributed by atoms with Gasteiger partial charge in [-0.25, -0.2) is 0 Å². The number of hydrazine groups is 1. The highest BCUT2D eigenvalue weighted by atomic mass is 16.5. The number of allylic oxidation sites excluding steroid dienone is 5. The Morgan fingerprint density at radius 1 is 1.02 bits per heavy atom. The fourth-order valence-corrected chi connectivity index (χ4v) is 11.5. The Labute approximate surface area is 285 Å². The standard InChI is InChI=1S/C41H69NO.CH6N2/c1-14-30-24-36(10,34(30)43-26-38(12,42)35(7,8)9)33-17-16-31-32(39(33,13)28(4)5)18-21-41-20-15-19-40(25-41,29(6)27(2)3)23-22-37(31,41)11;1-3-2/h14-15,18,20,27-29,31,33-34H,16-17,19,21-26,42H2,1-13H3;3H,2H2,1H3/b30-14-;/t29-,31?,33?,34?,36+,37?,38+,39?,40+,41+;/m1./s1. The molecule has 4 nitrogen and oxygen atoms in total. The second kappa shape index (κ2) is 12.7. The molecular weight excluding hydrogens is 562 g/mol. The number of ether oxygens (including phenoxy) is 1. The molecule has 0 heterocycles. The number of fused-ring (bicyclic) bond motifs is 3. The maximum Gasteiger partial charge on any atom is 0.0845 e. The van der Waals surface area contributed by atoms with E-state index in [2.05, 4.69) is 126 Å². The van der Waals surface area contributed by atoms with Crippen LogP contribution < -0.4 is 17.0 Å². The first-order chi connectivity index (χ1) is 21.2.